The van der Waals surface area contributed by atoms with Gasteiger partial charge in [0.15, 0.2) is 11.5 Å². The molecular formula is C13H11ClN2O3. The number of nitrogens with two attached hydrogens (primary N) is 1. The summed E-state index contributed by atoms with van der Waals surface area (Å²) in [4.78, 5) is 4.13. The van der Waals surface area contributed by atoms with Crippen molar-refractivity contribution in [3.05, 3.63) is 41.0 Å². The maximum Gasteiger partial charge on any atom is 0.238 e. The van der Waals surface area contributed by atoms with Crippen molar-refractivity contribution in [1.29, 1.82) is 0 Å². The Morgan fingerprint density at radius 2 is 2.11 bits per heavy atom. The molecule has 19 heavy (non-hydrogen) atoms. The van der Waals surface area contributed by atoms with E-state index in [1.807, 2.05) is 0 Å². The number of halogens is 1. The highest BCUT2D eigenvalue weighted by Crippen LogP contribution is 2.37. The van der Waals surface area contributed by atoms with Crippen LogP contribution in [-0.4, -0.2) is 11.8 Å². The third-order valence-corrected chi connectivity index (χ3v) is 2.93. The molecule has 2 N–H and O–H groups in total. The van der Waals surface area contributed by atoms with Crippen molar-refractivity contribution < 1.29 is 14.2 Å². The van der Waals surface area contributed by atoms with Gasteiger partial charge in [0.25, 0.3) is 0 Å². The maximum absolute atomic E-state index is 6.08. The summed E-state index contributed by atoms with van der Waals surface area (Å²) in [6, 6.07) is 7.01. The Morgan fingerprint density at radius 3 is 2.89 bits per heavy atom. The van der Waals surface area contributed by atoms with E-state index in [9.17, 15) is 0 Å². The van der Waals surface area contributed by atoms with Crippen molar-refractivity contribution >= 4 is 11.6 Å². The molecule has 1 aromatic carbocycles. The topological polar surface area (TPSA) is 66.6 Å². The number of benzene rings is 1. The van der Waals surface area contributed by atoms with Gasteiger partial charge >= 0.3 is 0 Å². The van der Waals surface area contributed by atoms with Crippen LogP contribution in [0, 0.1) is 0 Å². The molecule has 0 radical (unpaired) electrons. The van der Waals surface area contributed by atoms with Crippen molar-refractivity contribution in [3.63, 3.8) is 0 Å². The number of ether oxygens (including phenoxy) is 3. The molecule has 2 heterocycles. The summed E-state index contributed by atoms with van der Waals surface area (Å²) in [6.45, 7) is 0.611. The van der Waals surface area contributed by atoms with Crippen LogP contribution in [0.2, 0.25) is 5.02 Å². The van der Waals surface area contributed by atoms with Crippen molar-refractivity contribution in [1.82, 2.24) is 4.98 Å². The molecule has 0 fully saturated rings. The van der Waals surface area contributed by atoms with E-state index in [-0.39, 0.29) is 6.79 Å². The van der Waals surface area contributed by atoms with E-state index in [0.717, 1.165) is 5.56 Å². The van der Waals surface area contributed by atoms with E-state index in [1.165, 1.54) is 0 Å². The Labute approximate surface area is 114 Å². The van der Waals surface area contributed by atoms with Gasteiger partial charge in [0.2, 0.25) is 12.7 Å². The zero-order valence-electron chi connectivity index (χ0n) is 9.93. The van der Waals surface area contributed by atoms with E-state index in [2.05, 4.69) is 4.98 Å². The van der Waals surface area contributed by atoms with Crippen LogP contribution < -0.4 is 19.9 Å². The quantitative estimate of drug-likeness (QED) is 0.935. The number of hydrogen-bond donors (Lipinski definition) is 1. The van der Waals surface area contributed by atoms with Gasteiger partial charge in [-0.3, -0.25) is 0 Å². The number of nitrogens with zero attached hydrogens (tertiary/aromatic N) is 1. The van der Waals surface area contributed by atoms with Gasteiger partial charge < -0.3 is 19.9 Å². The molecular weight excluding hydrogens is 268 g/mol. The van der Waals surface area contributed by atoms with E-state index < -0.39 is 0 Å². The summed E-state index contributed by atoms with van der Waals surface area (Å²) >= 11 is 6.08. The molecule has 0 spiro atoms. The van der Waals surface area contributed by atoms with Crippen LogP contribution in [0.15, 0.2) is 30.5 Å². The average Bonchev–Trinajstić information content (AvgIpc) is 2.88. The summed E-state index contributed by atoms with van der Waals surface area (Å²) in [7, 11) is 0. The van der Waals surface area contributed by atoms with Crippen LogP contribution in [0.5, 0.6) is 23.1 Å². The van der Waals surface area contributed by atoms with Crippen molar-refractivity contribution in [2.24, 2.45) is 5.73 Å². The average molecular weight is 279 g/mol. The molecule has 1 aromatic heterocycles. The first kappa shape index (κ1) is 12.1. The molecule has 1 aliphatic heterocycles. The second-order valence-electron chi connectivity index (χ2n) is 3.95. The molecule has 0 saturated carbocycles. The third-order valence-electron chi connectivity index (χ3n) is 2.66. The maximum atomic E-state index is 6.08. The van der Waals surface area contributed by atoms with Crippen LogP contribution in [-0.2, 0) is 6.54 Å². The fourth-order valence-electron chi connectivity index (χ4n) is 1.70. The van der Waals surface area contributed by atoms with Crippen LogP contribution in [0.4, 0.5) is 0 Å². The summed E-state index contributed by atoms with van der Waals surface area (Å²) in [5.74, 6) is 2.26. The second-order valence-corrected chi connectivity index (χ2v) is 4.36. The summed E-state index contributed by atoms with van der Waals surface area (Å²) in [5.41, 5.74) is 6.36. The highest BCUT2D eigenvalue weighted by atomic mass is 35.5. The standard InChI is InChI=1S/C13H11ClN2O3/c14-10-3-8(5-15)6-16-13(10)19-9-1-2-11-12(4-9)18-7-17-11/h1-4,6H,5,7,15H2. The minimum atomic E-state index is 0.225. The minimum Gasteiger partial charge on any atom is -0.454 e. The van der Waals surface area contributed by atoms with E-state index in [0.29, 0.717) is 34.7 Å². The Bertz CT molecular complexity index is 619. The second kappa shape index (κ2) is 4.95. The first-order valence-electron chi connectivity index (χ1n) is 5.68. The molecule has 0 saturated heterocycles. The molecule has 6 heteroatoms. The van der Waals surface area contributed by atoms with Gasteiger partial charge in [-0.05, 0) is 23.8 Å². The van der Waals surface area contributed by atoms with Gasteiger partial charge in [-0.2, -0.15) is 0 Å². The highest BCUT2D eigenvalue weighted by molar-refractivity contribution is 6.31. The number of pyridine rings is 1. The van der Waals surface area contributed by atoms with Gasteiger partial charge in [0, 0.05) is 18.8 Å². The summed E-state index contributed by atoms with van der Waals surface area (Å²) in [6.07, 6.45) is 1.63. The van der Waals surface area contributed by atoms with E-state index >= 15 is 0 Å². The molecule has 98 valence electrons. The molecule has 2 aromatic rings. The lowest BCUT2D eigenvalue weighted by atomic mass is 10.3. The monoisotopic (exact) mass is 278 g/mol. The lowest BCUT2D eigenvalue weighted by Gasteiger charge is -2.08. The predicted molar refractivity (Wildman–Crippen MR) is 69.8 cm³/mol. The number of fused-ring (bicyclic) bond motifs is 1. The zero-order valence-corrected chi connectivity index (χ0v) is 10.7. The van der Waals surface area contributed by atoms with E-state index in [1.54, 1.807) is 30.5 Å². The fourth-order valence-corrected chi connectivity index (χ4v) is 1.93. The molecule has 0 aliphatic carbocycles. The largest absolute Gasteiger partial charge is 0.454 e. The van der Waals surface area contributed by atoms with Crippen LogP contribution in [0.25, 0.3) is 0 Å². The Morgan fingerprint density at radius 1 is 1.26 bits per heavy atom. The van der Waals surface area contributed by atoms with Gasteiger partial charge in [-0.1, -0.05) is 11.6 Å². The summed E-state index contributed by atoms with van der Waals surface area (Å²) < 4.78 is 16.1. The first-order valence-corrected chi connectivity index (χ1v) is 6.06. The Kier molecular flexibility index (Phi) is 3.15. The molecule has 0 atom stereocenters. The van der Waals surface area contributed by atoms with Gasteiger partial charge in [0.1, 0.15) is 10.8 Å². The number of rotatable bonds is 3. The van der Waals surface area contributed by atoms with Gasteiger partial charge in [0.05, 0.1) is 0 Å². The van der Waals surface area contributed by atoms with Gasteiger partial charge in [-0.15, -0.1) is 0 Å². The lowest BCUT2D eigenvalue weighted by molar-refractivity contribution is 0.174. The Balaban J connectivity index is 1.85. The summed E-state index contributed by atoms with van der Waals surface area (Å²) in [5, 5.41) is 0.417. The molecule has 1 aliphatic rings. The fraction of sp³-hybridized carbons (Fsp3) is 0.154. The molecule has 0 amide bonds. The van der Waals surface area contributed by atoms with Gasteiger partial charge in [-0.25, -0.2) is 4.98 Å². The minimum absolute atomic E-state index is 0.225. The molecule has 3 rings (SSSR count). The highest BCUT2D eigenvalue weighted by Gasteiger charge is 2.15. The zero-order chi connectivity index (χ0) is 13.2. The van der Waals surface area contributed by atoms with E-state index in [4.69, 9.17) is 31.5 Å². The third kappa shape index (κ3) is 2.43. The molecule has 0 bridgehead atoms. The van der Waals surface area contributed by atoms with Crippen molar-refractivity contribution in [2.45, 2.75) is 6.54 Å². The molecule has 0 unspecified atom stereocenters. The first-order chi connectivity index (χ1) is 9.26. The Hall–Kier alpha value is -1.98. The molecule has 5 nitrogen and oxygen atoms in total. The normalized spacial score (nSPS) is 12.5. The van der Waals surface area contributed by atoms with Crippen LogP contribution >= 0.6 is 11.6 Å². The van der Waals surface area contributed by atoms with Crippen LogP contribution in [0.1, 0.15) is 5.56 Å². The lowest BCUT2D eigenvalue weighted by Crippen LogP contribution is -1.98. The predicted octanol–water partition coefficient (Wildman–Crippen LogP) is 2.71. The SMILES string of the molecule is NCc1cnc(Oc2ccc3c(c2)OCO3)c(Cl)c1. The number of aromatic nitrogens is 1. The number of hydrogen-bond acceptors (Lipinski definition) is 5. The van der Waals surface area contributed by atoms with Crippen molar-refractivity contribution in [2.75, 3.05) is 6.79 Å². The van der Waals surface area contributed by atoms with Crippen LogP contribution in [0.3, 0.4) is 0 Å². The smallest absolute Gasteiger partial charge is 0.238 e. The van der Waals surface area contributed by atoms with Crippen molar-refractivity contribution in [3.8, 4) is 23.1 Å².